The van der Waals surface area contributed by atoms with Gasteiger partial charge in [-0.1, -0.05) is 29.8 Å². The maximum atomic E-state index is 13.3. The zero-order chi connectivity index (χ0) is 21.4. The van der Waals surface area contributed by atoms with E-state index >= 15 is 0 Å². The van der Waals surface area contributed by atoms with Gasteiger partial charge in [-0.25, -0.2) is 4.68 Å². The summed E-state index contributed by atoms with van der Waals surface area (Å²) >= 11 is 0. The number of carbonyl (C=O) groups excluding carboxylic acids is 1. The molecule has 2 heterocycles. The van der Waals surface area contributed by atoms with Crippen LogP contribution in [0.3, 0.4) is 0 Å². The SMILES string of the molecule is CC1=C(C(=O)Nc2ccc(C)cc2C)[C@@H](c2cccc([N+](=O)[O-])c2)n2ncnc2N1. The minimum atomic E-state index is -0.658. The van der Waals surface area contributed by atoms with Gasteiger partial charge in [-0.3, -0.25) is 14.9 Å². The average Bonchev–Trinajstić information content (AvgIpc) is 3.17. The van der Waals surface area contributed by atoms with Gasteiger partial charge in [-0.05, 0) is 38.0 Å². The number of hydrogen-bond acceptors (Lipinski definition) is 6. The number of fused-ring (bicyclic) bond motifs is 1. The zero-order valence-electron chi connectivity index (χ0n) is 16.7. The summed E-state index contributed by atoms with van der Waals surface area (Å²) in [5.41, 5.74) is 4.28. The van der Waals surface area contributed by atoms with E-state index in [1.165, 1.54) is 18.5 Å². The first-order valence-corrected chi connectivity index (χ1v) is 9.35. The van der Waals surface area contributed by atoms with Crippen LogP contribution in [-0.2, 0) is 4.79 Å². The number of hydrogen-bond donors (Lipinski definition) is 2. The van der Waals surface area contributed by atoms with Crippen LogP contribution >= 0.6 is 0 Å². The molecule has 1 aliphatic heterocycles. The van der Waals surface area contributed by atoms with Gasteiger partial charge in [0.15, 0.2) is 0 Å². The van der Waals surface area contributed by atoms with Gasteiger partial charge in [0.05, 0.1) is 10.5 Å². The largest absolute Gasteiger partial charge is 0.328 e. The molecule has 152 valence electrons. The number of nitrogens with zero attached hydrogens (tertiary/aromatic N) is 4. The Hall–Kier alpha value is -4.01. The third-order valence-corrected chi connectivity index (χ3v) is 5.07. The Bertz CT molecular complexity index is 1200. The van der Waals surface area contributed by atoms with Gasteiger partial charge in [-0.2, -0.15) is 10.1 Å². The molecule has 4 rings (SSSR count). The fourth-order valence-electron chi connectivity index (χ4n) is 3.65. The van der Waals surface area contributed by atoms with Crippen molar-refractivity contribution in [3.63, 3.8) is 0 Å². The van der Waals surface area contributed by atoms with E-state index in [1.54, 1.807) is 23.7 Å². The smallest absolute Gasteiger partial charge is 0.269 e. The lowest BCUT2D eigenvalue weighted by Gasteiger charge is -2.28. The normalized spacial score (nSPS) is 15.4. The summed E-state index contributed by atoms with van der Waals surface area (Å²) in [5, 5.41) is 21.6. The third-order valence-electron chi connectivity index (χ3n) is 5.07. The first-order valence-electron chi connectivity index (χ1n) is 9.35. The summed E-state index contributed by atoms with van der Waals surface area (Å²) in [7, 11) is 0. The van der Waals surface area contributed by atoms with Crippen molar-refractivity contribution in [3.8, 4) is 0 Å². The van der Waals surface area contributed by atoms with Crippen LogP contribution in [0, 0.1) is 24.0 Å². The van der Waals surface area contributed by atoms with E-state index in [0.29, 0.717) is 28.5 Å². The summed E-state index contributed by atoms with van der Waals surface area (Å²) in [5.74, 6) is 0.150. The molecule has 1 atom stereocenters. The molecule has 0 unspecified atom stereocenters. The molecule has 2 aromatic carbocycles. The van der Waals surface area contributed by atoms with Crippen LogP contribution in [0.15, 0.2) is 60.1 Å². The summed E-state index contributed by atoms with van der Waals surface area (Å²) < 4.78 is 1.56. The molecule has 0 aliphatic carbocycles. The Morgan fingerprint density at radius 1 is 1.20 bits per heavy atom. The van der Waals surface area contributed by atoms with Crippen LogP contribution in [0.25, 0.3) is 0 Å². The molecule has 0 spiro atoms. The monoisotopic (exact) mass is 404 g/mol. The van der Waals surface area contributed by atoms with Crippen molar-refractivity contribution in [2.75, 3.05) is 10.6 Å². The number of nitro groups is 1. The highest BCUT2D eigenvalue weighted by molar-refractivity contribution is 6.06. The van der Waals surface area contributed by atoms with Gasteiger partial charge in [0.25, 0.3) is 11.6 Å². The van der Waals surface area contributed by atoms with Crippen molar-refractivity contribution in [2.45, 2.75) is 26.8 Å². The Balaban J connectivity index is 1.79. The predicted molar refractivity (Wildman–Crippen MR) is 112 cm³/mol. The average molecular weight is 404 g/mol. The van der Waals surface area contributed by atoms with Gasteiger partial charge >= 0.3 is 0 Å². The zero-order valence-corrected chi connectivity index (χ0v) is 16.7. The van der Waals surface area contributed by atoms with Crippen molar-refractivity contribution in [2.24, 2.45) is 0 Å². The fraction of sp³-hybridized carbons (Fsp3) is 0.190. The molecule has 0 fully saturated rings. The summed E-state index contributed by atoms with van der Waals surface area (Å²) in [6.45, 7) is 5.69. The molecule has 0 bridgehead atoms. The number of allylic oxidation sites excluding steroid dienone is 1. The van der Waals surface area contributed by atoms with E-state index in [4.69, 9.17) is 0 Å². The lowest BCUT2D eigenvalue weighted by molar-refractivity contribution is -0.384. The summed E-state index contributed by atoms with van der Waals surface area (Å²) in [4.78, 5) is 28.4. The molecule has 2 N–H and O–H groups in total. The van der Waals surface area contributed by atoms with E-state index < -0.39 is 11.0 Å². The molecule has 0 radical (unpaired) electrons. The van der Waals surface area contributed by atoms with Crippen molar-refractivity contribution in [1.82, 2.24) is 14.8 Å². The van der Waals surface area contributed by atoms with Gasteiger partial charge in [0, 0.05) is 23.5 Å². The number of aryl methyl sites for hydroxylation is 2. The number of carbonyl (C=O) groups is 1. The van der Waals surface area contributed by atoms with Crippen LogP contribution in [-0.4, -0.2) is 25.6 Å². The molecular weight excluding hydrogens is 384 g/mol. The molecule has 1 amide bonds. The molecule has 3 aromatic rings. The first kappa shape index (κ1) is 19.3. The van der Waals surface area contributed by atoms with Crippen LogP contribution in [0.2, 0.25) is 0 Å². The highest BCUT2D eigenvalue weighted by Gasteiger charge is 2.34. The van der Waals surface area contributed by atoms with E-state index in [0.717, 1.165) is 11.1 Å². The molecular formula is C21H20N6O3. The number of nitrogens with one attached hydrogen (secondary N) is 2. The minimum absolute atomic E-state index is 0.0560. The Morgan fingerprint density at radius 3 is 2.73 bits per heavy atom. The van der Waals surface area contributed by atoms with E-state index in [1.807, 2.05) is 32.0 Å². The Labute approximate surface area is 172 Å². The van der Waals surface area contributed by atoms with Crippen molar-refractivity contribution in [1.29, 1.82) is 0 Å². The molecule has 30 heavy (non-hydrogen) atoms. The van der Waals surface area contributed by atoms with Gasteiger partial charge in [-0.15, -0.1) is 0 Å². The van der Waals surface area contributed by atoms with Crippen LogP contribution in [0.1, 0.15) is 29.7 Å². The van der Waals surface area contributed by atoms with Crippen LogP contribution in [0.4, 0.5) is 17.3 Å². The van der Waals surface area contributed by atoms with Crippen molar-refractivity contribution < 1.29 is 9.72 Å². The highest BCUT2D eigenvalue weighted by Crippen LogP contribution is 2.36. The third kappa shape index (κ3) is 3.41. The topological polar surface area (TPSA) is 115 Å². The van der Waals surface area contributed by atoms with Crippen LogP contribution in [0.5, 0.6) is 0 Å². The second-order valence-electron chi connectivity index (χ2n) is 7.22. The van der Waals surface area contributed by atoms with E-state index in [-0.39, 0.29) is 11.6 Å². The van der Waals surface area contributed by atoms with Crippen molar-refractivity contribution >= 4 is 23.2 Å². The first-order chi connectivity index (χ1) is 14.3. The van der Waals surface area contributed by atoms with E-state index in [9.17, 15) is 14.9 Å². The fourth-order valence-corrected chi connectivity index (χ4v) is 3.65. The minimum Gasteiger partial charge on any atom is -0.328 e. The quantitative estimate of drug-likeness (QED) is 0.506. The second kappa shape index (κ2) is 7.43. The Kier molecular flexibility index (Phi) is 4.78. The van der Waals surface area contributed by atoms with Crippen molar-refractivity contribution in [3.05, 3.63) is 86.9 Å². The number of rotatable bonds is 4. The van der Waals surface area contributed by atoms with Gasteiger partial charge in [0.2, 0.25) is 5.95 Å². The summed E-state index contributed by atoms with van der Waals surface area (Å²) in [6.07, 6.45) is 1.38. The number of amides is 1. The molecule has 0 saturated carbocycles. The number of nitro benzene ring substituents is 1. The molecule has 9 heteroatoms. The maximum Gasteiger partial charge on any atom is 0.269 e. The summed E-state index contributed by atoms with van der Waals surface area (Å²) in [6, 6.07) is 11.3. The number of benzene rings is 2. The predicted octanol–water partition coefficient (Wildman–Crippen LogP) is 3.73. The van der Waals surface area contributed by atoms with E-state index in [2.05, 4.69) is 20.7 Å². The molecule has 1 aromatic heterocycles. The maximum absolute atomic E-state index is 13.3. The van der Waals surface area contributed by atoms with Gasteiger partial charge < -0.3 is 10.6 Å². The number of non-ortho nitro benzene ring substituents is 1. The molecule has 9 nitrogen and oxygen atoms in total. The van der Waals surface area contributed by atoms with Gasteiger partial charge in [0.1, 0.15) is 12.4 Å². The molecule has 0 saturated heterocycles. The number of aromatic nitrogens is 3. The lowest BCUT2D eigenvalue weighted by Crippen LogP contribution is -2.31. The standard InChI is InChI=1S/C21H20N6O3/c1-12-7-8-17(13(2)9-12)25-20(28)18-14(3)24-21-22-11-23-26(21)19(18)15-5-4-6-16(10-15)27(29)30/h4-11,19H,1-3H3,(H,25,28)(H,22,23,24)/t19-/m1/s1. The second-order valence-corrected chi connectivity index (χ2v) is 7.22. The number of anilines is 2. The molecule has 1 aliphatic rings. The Morgan fingerprint density at radius 2 is 2.00 bits per heavy atom. The van der Waals surface area contributed by atoms with Crippen LogP contribution < -0.4 is 10.6 Å². The lowest BCUT2D eigenvalue weighted by atomic mass is 9.94. The highest BCUT2D eigenvalue weighted by atomic mass is 16.6.